The molecule has 0 saturated heterocycles. The highest BCUT2D eigenvalue weighted by molar-refractivity contribution is 4.96. The summed E-state index contributed by atoms with van der Waals surface area (Å²) < 4.78 is 0. The minimum absolute atomic E-state index is 0.640. The molecule has 0 bridgehead atoms. The van der Waals surface area contributed by atoms with Crippen molar-refractivity contribution in [2.45, 2.75) is 213 Å². The van der Waals surface area contributed by atoms with E-state index in [9.17, 15) is 0 Å². The highest BCUT2D eigenvalue weighted by atomic mass is 15.4. The zero-order valence-electron chi connectivity index (χ0n) is 27.5. The smallest absolute Gasteiger partial charge is 0.101 e. The van der Waals surface area contributed by atoms with Crippen molar-refractivity contribution >= 4 is 0 Å². The maximum absolute atomic E-state index is 2.69. The first-order valence-electron chi connectivity index (χ1n) is 18.5. The second-order valence-electron chi connectivity index (χ2n) is 12.9. The van der Waals surface area contributed by atoms with Crippen LogP contribution in [0.2, 0.25) is 0 Å². The minimum Gasteiger partial charge on any atom is -0.356 e. The summed E-state index contributed by atoms with van der Waals surface area (Å²) in [4.78, 5) is 5.35. The fourth-order valence-corrected chi connectivity index (χ4v) is 6.34. The fourth-order valence-electron chi connectivity index (χ4n) is 6.34. The maximum Gasteiger partial charge on any atom is 0.101 e. The van der Waals surface area contributed by atoms with Crippen molar-refractivity contribution in [3.8, 4) is 0 Å². The molecule has 0 fully saturated rings. The van der Waals surface area contributed by atoms with E-state index in [1.165, 1.54) is 199 Å². The number of hydrogen-bond donors (Lipinski definition) is 0. The third-order valence-corrected chi connectivity index (χ3v) is 9.07. The molecule has 0 N–H and O–H groups in total. The molecule has 0 aliphatic carbocycles. The standard InChI is InChI=1S/C37H74N2/c1-4-7-10-12-14-16-18-20-21-22-24-26-28-30-32-37-38(33-9-6-3)35-36-39(37)34-31-29-27-25-23-19-17-15-13-11-8-5-2/h35-37H,4-34H2,1-3H3. The van der Waals surface area contributed by atoms with Gasteiger partial charge in [-0.3, -0.25) is 0 Å². The third kappa shape index (κ3) is 21.7. The van der Waals surface area contributed by atoms with Gasteiger partial charge in [-0.2, -0.15) is 0 Å². The van der Waals surface area contributed by atoms with E-state index in [2.05, 4.69) is 43.0 Å². The third-order valence-electron chi connectivity index (χ3n) is 9.07. The Labute approximate surface area is 248 Å². The van der Waals surface area contributed by atoms with E-state index in [4.69, 9.17) is 0 Å². The van der Waals surface area contributed by atoms with Gasteiger partial charge < -0.3 is 9.80 Å². The monoisotopic (exact) mass is 547 g/mol. The van der Waals surface area contributed by atoms with Crippen LogP contribution in [0.4, 0.5) is 0 Å². The molecule has 0 aromatic carbocycles. The summed E-state index contributed by atoms with van der Waals surface area (Å²) in [5.74, 6) is 0. The molecule has 1 aliphatic heterocycles. The lowest BCUT2D eigenvalue weighted by Gasteiger charge is -2.33. The topological polar surface area (TPSA) is 6.48 Å². The van der Waals surface area contributed by atoms with Gasteiger partial charge in [0.05, 0.1) is 0 Å². The Morgan fingerprint density at radius 2 is 0.615 bits per heavy atom. The molecule has 0 aromatic rings. The number of hydrogen-bond acceptors (Lipinski definition) is 2. The second kappa shape index (κ2) is 28.9. The lowest BCUT2D eigenvalue weighted by Crippen LogP contribution is -2.39. The molecular formula is C37H74N2. The predicted octanol–water partition coefficient (Wildman–Crippen LogP) is 12.8. The molecule has 1 heterocycles. The van der Waals surface area contributed by atoms with Gasteiger partial charge in [0, 0.05) is 25.5 Å². The van der Waals surface area contributed by atoms with Crippen LogP contribution in [0.5, 0.6) is 0 Å². The van der Waals surface area contributed by atoms with Gasteiger partial charge in [-0.25, -0.2) is 0 Å². The summed E-state index contributed by atoms with van der Waals surface area (Å²) in [6.07, 6.45) is 47.0. The Morgan fingerprint density at radius 1 is 0.333 bits per heavy atom. The summed E-state index contributed by atoms with van der Waals surface area (Å²) in [6, 6.07) is 0. The van der Waals surface area contributed by atoms with Crippen LogP contribution >= 0.6 is 0 Å². The Morgan fingerprint density at radius 3 is 0.974 bits per heavy atom. The van der Waals surface area contributed by atoms with E-state index in [0.29, 0.717) is 6.17 Å². The highest BCUT2D eigenvalue weighted by Crippen LogP contribution is 2.24. The van der Waals surface area contributed by atoms with Crippen molar-refractivity contribution in [3.63, 3.8) is 0 Å². The molecule has 2 nitrogen and oxygen atoms in total. The van der Waals surface area contributed by atoms with Crippen LogP contribution < -0.4 is 0 Å². The lowest BCUT2D eigenvalue weighted by molar-refractivity contribution is 0.136. The van der Waals surface area contributed by atoms with Gasteiger partial charge in [0.2, 0.25) is 0 Å². The molecular weight excluding hydrogens is 472 g/mol. The Kier molecular flexibility index (Phi) is 26.9. The van der Waals surface area contributed by atoms with Gasteiger partial charge in [-0.1, -0.05) is 181 Å². The second-order valence-corrected chi connectivity index (χ2v) is 12.9. The van der Waals surface area contributed by atoms with Gasteiger partial charge in [0.15, 0.2) is 0 Å². The first kappa shape index (κ1) is 36.4. The Balaban J connectivity index is 2.05. The van der Waals surface area contributed by atoms with E-state index in [-0.39, 0.29) is 0 Å². The summed E-state index contributed by atoms with van der Waals surface area (Å²) in [5, 5.41) is 0. The zero-order chi connectivity index (χ0) is 28.1. The van der Waals surface area contributed by atoms with Crippen molar-refractivity contribution in [2.24, 2.45) is 0 Å². The average molecular weight is 547 g/mol. The van der Waals surface area contributed by atoms with Crippen LogP contribution in [0, 0.1) is 0 Å². The maximum atomic E-state index is 2.69. The van der Waals surface area contributed by atoms with Crippen molar-refractivity contribution in [2.75, 3.05) is 13.1 Å². The van der Waals surface area contributed by atoms with E-state index in [0.717, 1.165) is 0 Å². The molecule has 1 unspecified atom stereocenters. The van der Waals surface area contributed by atoms with E-state index in [1.807, 2.05) is 0 Å². The fraction of sp³-hybridized carbons (Fsp3) is 0.946. The van der Waals surface area contributed by atoms with Crippen molar-refractivity contribution in [3.05, 3.63) is 12.4 Å². The van der Waals surface area contributed by atoms with E-state index >= 15 is 0 Å². The average Bonchev–Trinajstić information content (AvgIpc) is 3.33. The molecule has 0 aromatic heterocycles. The molecule has 0 radical (unpaired) electrons. The first-order chi connectivity index (χ1) is 19.3. The summed E-state index contributed by atoms with van der Waals surface area (Å²) >= 11 is 0. The number of rotatable bonds is 31. The number of unbranched alkanes of at least 4 members (excludes halogenated alkanes) is 25. The SMILES string of the molecule is CCCCCCCCCCCCCCCCC1N(CCCC)C=CN1CCCCCCCCCCCCCC. The van der Waals surface area contributed by atoms with Crippen LogP contribution in [0.25, 0.3) is 0 Å². The molecule has 1 rings (SSSR count). The van der Waals surface area contributed by atoms with Crippen LogP contribution in [-0.4, -0.2) is 29.1 Å². The van der Waals surface area contributed by atoms with Crippen LogP contribution in [0.1, 0.15) is 207 Å². The molecule has 39 heavy (non-hydrogen) atoms. The molecule has 0 amide bonds. The van der Waals surface area contributed by atoms with Crippen LogP contribution in [0.3, 0.4) is 0 Å². The molecule has 0 spiro atoms. The van der Waals surface area contributed by atoms with E-state index < -0.39 is 0 Å². The first-order valence-corrected chi connectivity index (χ1v) is 18.5. The highest BCUT2D eigenvalue weighted by Gasteiger charge is 2.24. The molecule has 1 aliphatic rings. The Hall–Kier alpha value is -0.660. The van der Waals surface area contributed by atoms with E-state index in [1.54, 1.807) is 0 Å². The quantitative estimate of drug-likeness (QED) is 0.0798. The summed E-state index contributed by atoms with van der Waals surface area (Å²) in [7, 11) is 0. The molecule has 1 atom stereocenters. The number of nitrogens with zero attached hydrogens (tertiary/aromatic N) is 2. The zero-order valence-corrected chi connectivity index (χ0v) is 27.5. The minimum atomic E-state index is 0.640. The summed E-state index contributed by atoms with van der Waals surface area (Å²) in [5.41, 5.74) is 0. The normalized spacial score (nSPS) is 15.2. The van der Waals surface area contributed by atoms with Gasteiger partial charge in [-0.05, 0) is 25.7 Å². The van der Waals surface area contributed by atoms with Gasteiger partial charge in [0.25, 0.3) is 0 Å². The Bertz CT molecular complexity index is 502. The van der Waals surface area contributed by atoms with Crippen LogP contribution in [0.15, 0.2) is 12.4 Å². The predicted molar refractivity (Wildman–Crippen MR) is 177 cm³/mol. The van der Waals surface area contributed by atoms with Crippen LogP contribution in [-0.2, 0) is 0 Å². The molecule has 232 valence electrons. The van der Waals surface area contributed by atoms with Crippen molar-refractivity contribution < 1.29 is 0 Å². The largest absolute Gasteiger partial charge is 0.356 e. The van der Waals surface area contributed by atoms with Crippen molar-refractivity contribution in [1.82, 2.24) is 9.80 Å². The molecule has 2 heteroatoms. The van der Waals surface area contributed by atoms with Gasteiger partial charge >= 0.3 is 0 Å². The van der Waals surface area contributed by atoms with Gasteiger partial charge in [-0.15, -0.1) is 0 Å². The van der Waals surface area contributed by atoms with Gasteiger partial charge in [0.1, 0.15) is 6.17 Å². The van der Waals surface area contributed by atoms with Crippen molar-refractivity contribution in [1.29, 1.82) is 0 Å². The lowest BCUT2D eigenvalue weighted by atomic mass is 10.0. The molecule has 0 saturated carbocycles. The summed E-state index contributed by atoms with van der Waals surface area (Å²) in [6.45, 7) is 9.45.